The van der Waals surface area contributed by atoms with E-state index in [4.69, 9.17) is 9.97 Å². The standard InChI is InChI=1S/C19H22N6OS/c1-12-21-17(16-13-4-2-3-5-15(13)27-18(16)22-12)24-8-10-25(11-9-24)19(26)14-6-7-20-23-14/h6-7H,2-5,8-11H2,1H3,(H,20,23). The normalized spacial score (nSPS) is 17.4. The van der Waals surface area contributed by atoms with Gasteiger partial charge in [-0.25, -0.2) is 9.97 Å². The number of nitrogens with one attached hydrogen (secondary N) is 1. The molecule has 1 saturated heterocycles. The van der Waals surface area contributed by atoms with Gasteiger partial charge in [0, 0.05) is 37.3 Å². The van der Waals surface area contributed by atoms with Crippen molar-refractivity contribution in [3.63, 3.8) is 0 Å². The van der Waals surface area contributed by atoms with Gasteiger partial charge >= 0.3 is 0 Å². The summed E-state index contributed by atoms with van der Waals surface area (Å²) >= 11 is 1.84. The van der Waals surface area contributed by atoms with Gasteiger partial charge in [0.15, 0.2) is 0 Å². The molecule has 4 heterocycles. The van der Waals surface area contributed by atoms with E-state index < -0.39 is 0 Å². The molecule has 1 amide bonds. The van der Waals surface area contributed by atoms with Crippen LogP contribution in [0, 0.1) is 6.92 Å². The molecule has 3 aromatic heterocycles. The van der Waals surface area contributed by atoms with Gasteiger partial charge in [-0.15, -0.1) is 11.3 Å². The fraction of sp³-hybridized carbons (Fsp3) is 0.474. The molecule has 0 radical (unpaired) electrons. The van der Waals surface area contributed by atoms with Crippen LogP contribution < -0.4 is 4.90 Å². The lowest BCUT2D eigenvalue weighted by atomic mass is 9.97. The van der Waals surface area contributed by atoms with Gasteiger partial charge in [0.25, 0.3) is 5.91 Å². The van der Waals surface area contributed by atoms with Crippen LogP contribution in [0.4, 0.5) is 5.82 Å². The van der Waals surface area contributed by atoms with Crippen molar-refractivity contribution in [3.8, 4) is 0 Å². The zero-order chi connectivity index (χ0) is 18.4. The number of H-pyrrole nitrogens is 1. The molecule has 0 spiro atoms. The molecule has 8 heteroatoms. The number of hydrogen-bond donors (Lipinski definition) is 1. The van der Waals surface area contributed by atoms with E-state index >= 15 is 0 Å². The molecule has 0 aromatic carbocycles. The van der Waals surface area contributed by atoms with E-state index in [0.717, 1.165) is 36.0 Å². The van der Waals surface area contributed by atoms with Crippen molar-refractivity contribution in [1.29, 1.82) is 0 Å². The number of aromatic nitrogens is 4. The highest BCUT2D eigenvalue weighted by molar-refractivity contribution is 7.19. The lowest BCUT2D eigenvalue weighted by Crippen LogP contribution is -2.49. The van der Waals surface area contributed by atoms with E-state index in [2.05, 4.69) is 15.1 Å². The van der Waals surface area contributed by atoms with Crippen LogP contribution in [0.25, 0.3) is 10.2 Å². The van der Waals surface area contributed by atoms with Crippen molar-refractivity contribution >= 4 is 33.3 Å². The van der Waals surface area contributed by atoms with Crippen molar-refractivity contribution in [1.82, 2.24) is 25.1 Å². The fourth-order valence-electron chi connectivity index (χ4n) is 4.14. The summed E-state index contributed by atoms with van der Waals surface area (Å²) in [5, 5.41) is 7.90. The molecule has 27 heavy (non-hydrogen) atoms. The van der Waals surface area contributed by atoms with Crippen LogP contribution in [0.15, 0.2) is 12.3 Å². The Morgan fingerprint density at radius 3 is 2.74 bits per heavy atom. The molecule has 5 rings (SSSR count). The van der Waals surface area contributed by atoms with Crippen LogP contribution in [0.2, 0.25) is 0 Å². The Hall–Kier alpha value is -2.48. The Bertz CT molecular complexity index is 987. The molecular weight excluding hydrogens is 360 g/mol. The van der Waals surface area contributed by atoms with Crippen LogP contribution in [-0.2, 0) is 12.8 Å². The van der Waals surface area contributed by atoms with Crippen molar-refractivity contribution in [3.05, 3.63) is 34.2 Å². The molecule has 1 aliphatic heterocycles. The minimum atomic E-state index is 0.0177. The quantitative estimate of drug-likeness (QED) is 0.737. The average molecular weight is 382 g/mol. The molecule has 0 atom stereocenters. The molecule has 2 aliphatic rings. The maximum atomic E-state index is 12.5. The van der Waals surface area contributed by atoms with Gasteiger partial charge in [0.2, 0.25) is 0 Å². The number of amides is 1. The maximum Gasteiger partial charge on any atom is 0.271 e. The first kappa shape index (κ1) is 16.7. The molecule has 7 nitrogen and oxygen atoms in total. The number of aryl methyl sites for hydroxylation is 3. The number of aromatic amines is 1. The lowest BCUT2D eigenvalue weighted by Gasteiger charge is -2.35. The first-order chi connectivity index (χ1) is 13.2. The van der Waals surface area contributed by atoms with E-state index in [0.29, 0.717) is 18.8 Å². The molecule has 140 valence electrons. The van der Waals surface area contributed by atoms with Crippen LogP contribution in [0.3, 0.4) is 0 Å². The number of fused-ring (bicyclic) bond motifs is 3. The highest BCUT2D eigenvalue weighted by atomic mass is 32.1. The van der Waals surface area contributed by atoms with Gasteiger partial charge in [0.05, 0.1) is 5.39 Å². The highest BCUT2D eigenvalue weighted by Crippen LogP contribution is 2.39. The van der Waals surface area contributed by atoms with Crippen molar-refractivity contribution in [2.24, 2.45) is 0 Å². The smallest absolute Gasteiger partial charge is 0.271 e. The van der Waals surface area contributed by atoms with Crippen molar-refractivity contribution in [2.45, 2.75) is 32.6 Å². The monoisotopic (exact) mass is 382 g/mol. The summed E-state index contributed by atoms with van der Waals surface area (Å²) in [6.07, 6.45) is 6.44. The Labute approximate surface area is 161 Å². The number of hydrogen-bond acceptors (Lipinski definition) is 6. The van der Waals surface area contributed by atoms with E-state index in [9.17, 15) is 4.79 Å². The average Bonchev–Trinajstić information content (AvgIpc) is 3.34. The van der Waals surface area contributed by atoms with Crippen LogP contribution in [-0.4, -0.2) is 57.2 Å². The third-order valence-electron chi connectivity index (χ3n) is 5.50. The minimum absolute atomic E-state index is 0.0177. The summed E-state index contributed by atoms with van der Waals surface area (Å²) in [5.74, 6) is 1.90. The number of piperazine rings is 1. The van der Waals surface area contributed by atoms with Gasteiger partial charge in [-0.05, 0) is 44.2 Å². The molecule has 0 bridgehead atoms. The number of thiophene rings is 1. The van der Waals surface area contributed by atoms with Crippen LogP contribution in [0.5, 0.6) is 0 Å². The number of nitrogens with zero attached hydrogens (tertiary/aromatic N) is 5. The molecular formula is C19H22N6OS. The van der Waals surface area contributed by atoms with Crippen molar-refractivity contribution in [2.75, 3.05) is 31.1 Å². The minimum Gasteiger partial charge on any atom is -0.352 e. The van der Waals surface area contributed by atoms with E-state index in [-0.39, 0.29) is 5.91 Å². The predicted molar refractivity (Wildman–Crippen MR) is 105 cm³/mol. The second-order valence-corrected chi connectivity index (χ2v) is 8.32. The van der Waals surface area contributed by atoms with Gasteiger partial charge in [-0.3, -0.25) is 9.89 Å². The van der Waals surface area contributed by atoms with Gasteiger partial charge in [0.1, 0.15) is 22.2 Å². The van der Waals surface area contributed by atoms with Gasteiger partial charge < -0.3 is 9.80 Å². The third-order valence-corrected chi connectivity index (χ3v) is 6.69. The van der Waals surface area contributed by atoms with E-state index in [1.807, 2.05) is 23.2 Å². The Balaban J connectivity index is 1.43. The SMILES string of the molecule is Cc1nc(N2CCN(C(=O)c3ccn[nH]3)CC2)c2c3c(sc2n1)CCCC3. The second-order valence-electron chi connectivity index (χ2n) is 7.24. The van der Waals surface area contributed by atoms with Crippen LogP contribution >= 0.6 is 11.3 Å². The summed E-state index contributed by atoms with van der Waals surface area (Å²) in [5.41, 5.74) is 2.02. The van der Waals surface area contributed by atoms with E-state index in [1.165, 1.54) is 35.1 Å². The topological polar surface area (TPSA) is 78.0 Å². The Morgan fingerprint density at radius 1 is 1.15 bits per heavy atom. The van der Waals surface area contributed by atoms with E-state index in [1.54, 1.807) is 12.3 Å². The van der Waals surface area contributed by atoms with Crippen molar-refractivity contribution < 1.29 is 4.79 Å². The lowest BCUT2D eigenvalue weighted by molar-refractivity contribution is 0.0740. The molecule has 1 fully saturated rings. The highest BCUT2D eigenvalue weighted by Gasteiger charge is 2.27. The molecule has 3 aromatic rings. The van der Waals surface area contributed by atoms with Crippen LogP contribution in [0.1, 0.15) is 39.6 Å². The summed E-state index contributed by atoms with van der Waals surface area (Å²) in [6, 6.07) is 1.73. The summed E-state index contributed by atoms with van der Waals surface area (Å²) in [6.45, 7) is 4.93. The zero-order valence-electron chi connectivity index (χ0n) is 15.4. The Morgan fingerprint density at radius 2 is 1.96 bits per heavy atom. The zero-order valence-corrected chi connectivity index (χ0v) is 16.2. The number of rotatable bonds is 2. The molecule has 0 saturated carbocycles. The number of carbonyl (C=O) groups is 1. The molecule has 1 N–H and O–H groups in total. The Kier molecular flexibility index (Phi) is 4.07. The first-order valence-corrected chi connectivity index (χ1v) is 10.3. The first-order valence-electron chi connectivity index (χ1n) is 9.53. The summed E-state index contributed by atoms with van der Waals surface area (Å²) < 4.78 is 0. The van der Waals surface area contributed by atoms with Gasteiger partial charge in [-0.1, -0.05) is 0 Å². The largest absolute Gasteiger partial charge is 0.352 e. The summed E-state index contributed by atoms with van der Waals surface area (Å²) in [7, 11) is 0. The maximum absolute atomic E-state index is 12.5. The number of carbonyl (C=O) groups excluding carboxylic acids is 1. The second kappa shape index (κ2) is 6.60. The summed E-state index contributed by atoms with van der Waals surface area (Å²) in [4.78, 5) is 28.9. The third kappa shape index (κ3) is 2.88. The fourth-order valence-corrected chi connectivity index (χ4v) is 5.44. The number of anilines is 1. The molecule has 1 aliphatic carbocycles. The predicted octanol–water partition coefficient (Wildman–Crippen LogP) is 2.56. The molecule has 0 unspecified atom stereocenters. The van der Waals surface area contributed by atoms with Gasteiger partial charge in [-0.2, -0.15) is 5.10 Å².